The maximum atomic E-state index is 6.63. The predicted molar refractivity (Wildman–Crippen MR) is 154 cm³/mol. The van der Waals surface area contributed by atoms with Crippen molar-refractivity contribution < 1.29 is 12.9 Å². The molecule has 186 valence electrons. The van der Waals surface area contributed by atoms with Gasteiger partial charge in [0.05, 0.1) is 0 Å². The van der Waals surface area contributed by atoms with E-state index < -0.39 is 16.2 Å². The molecular formula is C30H38O3P2. The number of fused-ring (bicyclic) bond motifs is 3. The molecule has 0 amide bonds. The van der Waals surface area contributed by atoms with Crippen LogP contribution in [0.25, 0.3) is 21.9 Å². The second-order valence-electron chi connectivity index (χ2n) is 11.4. The minimum absolute atomic E-state index is 0.119. The van der Waals surface area contributed by atoms with Gasteiger partial charge >= 0.3 is 8.24 Å². The van der Waals surface area contributed by atoms with Gasteiger partial charge in [0.2, 0.25) is 0 Å². The SMILES string of the molecule is Cc1ccc2op(Oc3ccccc3P(C(C)(C)C)C(C)(C)C)oc3ccc(C)c(C)c3c2c1C. The molecule has 0 fully saturated rings. The van der Waals surface area contributed by atoms with Gasteiger partial charge in [0, 0.05) is 16.1 Å². The van der Waals surface area contributed by atoms with Gasteiger partial charge in [-0.1, -0.05) is 79.8 Å². The summed E-state index contributed by atoms with van der Waals surface area (Å²) in [5.41, 5.74) is 6.52. The highest BCUT2D eigenvalue weighted by Crippen LogP contribution is 2.60. The van der Waals surface area contributed by atoms with E-state index in [0.29, 0.717) is 0 Å². The van der Waals surface area contributed by atoms with Crippen molar-refractivity contribution in [2.24, 2.45) is 0 Å². The Morgan fingerprint density at radius 3 is 1.57 bits per heavy atom. The second-order valence-corrected chi connectivity index (χ2v) is 16.2. The molecule has 3 nitrogen and oxygen atoms in total. The molecule has 0 aliphatic carbocycles. The van der Waals surface area contributed by atoms with Crippen molar-refractivity contribution in [3.63, 3.8) is 0 Å². The molecule has 1 heterocycles. The molecule has 35 heavy (non-hydrogen) atoms. The van der Waals surface area contributed by atoms with Gasteiger partial charge in [-0.05, 0) is 78.5 Å². The minimum atomic E-state index is -1.69. The number of benzene rings is 3. The maximum Gasteiger partial charge on any atom is 0.453 e. The first-order chi connectivity index (χ1) is 16.3. The van der Waals surface area contributed by atoms with Crippen LogP contribution >= 0.6 is 16.2 Å². The first-order valence-corrected chi connectivity index (χ1v) is 14.7. The zero-order chi connectivity index (χ0) is 25.7. The van der Waals surface area contributed by atoms with E-state index in [4.69, 9.17) is 12.9 Å². The summed E-state index contributed by atoms with van der Waals surface area (Å²) < 4.78 is 19.6. The summed E-state index contributed by atoms with van der Waals surface area (Å²) in [5.74, 6) is 0.854. The first kappa shape index (κ1) is 25.9. The Labute approximate surface area is 212 Å². The largest absolute Gasteiger partial charge is 0.453 e. The molecule has 4 aromatic rings. The molecule has 0 aliphatic heterocycles. The quantitative estimate of drug-likeness (QED) is 0.258. The topological polar surface area (TPSA) is 35.5 Å². The van der Waals surface area contributed by atoms with Crippen LogP contribution in [-0.2, 0) is 0 Å². The average molecular weight is 509 g/mol. The van der Waals surface area contributed by atoms with Gasteiger partial charge in [0.15, 0.2) is 0 Å². The van der Waals surface area contributed by atoms with Gasteiger partial charge in [0.1, 0.15) is 16.9 Å². The van der Waals surface area contributed by atoms with Crippen molar-refractivity contribution in [2.45, 2.75) is 79.5 Å². The van der Waals surface area contributed by atoms with E-state index in [1.807, 2.05) is 6.07 Å². The standard InChI is InChI=1S/C30H38O3P2/c1-19-15-17-24-27(21(19)3)28-22(4)20(2)16-18-25(28)33-35(32-24)31-23-13-11-12-14-26(23)34(29(5,6)7)30(8,9)10/h11-18H,1-10H3. The van der Waals surface area contributed by atoms with E-state index in [9.17, 15) is 0 Å². The molecular weight excluding hydrogens is 470 g/mol. The van der Waals surface area contributed by atoms with Crippen LogP contribution in [0.1, 0.15) is 63.8 Å². The summed E-state index contributed by atoms with van der Waals surface area (Å²) in [6.07, 6.45) is 0. The molecule has 3 aromatic carbocycles. The van der Waals surface area contributed by atoms with E-state index >= 15 is 0 Å². The third kappa shape index (κ3) is 5.04. The van der Waals surface area contributed by atoms with Crippen LogP contribution in [0, 0.1) is 27.7 Å². The van der Waals surface area contributed by atoms with Gasteiger partial charge in [-0.15, -0.1) is 0 Å². The third-order valence-electron chi connectivity index (χ3n) is 6.61. The Kier molecular flexibility index (Phi) is 6.91. The van der Waals surface area contributed by atoms with Crippen LogP contribution in [0.3, 0.4) is 0 Å². The van der Waals surface area contributed by atoms with Crippen molar-refractivity contribution in [3.8, 4) is 5.75 Å². The third-order valence-corrected chi connectivity index (χ3v) is 11.2. The highest BCUT2D eigenvalue weighted by Gasteiger charge is 2.37. The van der Waals surface area contributed by atoms with Gasteiger partial charge in [0.25, 0.3) is 0 Å². The number of aryl methyl sites for hydroxylation is 4. The van der Waals surface area contributed by atoms with E-state index in [1.165, 1.54) is 27.6 Å². The summed E-state index contributed by atoms with van der Waals surface area (Å²) in [6.45, 7) is 22.6. The summed E-state index contributed by atoms with van der Waals surface area (Å²) in [5, 5.41) is 3.70. The molecule has 0 saturated heterocycles. The molecule has 0 spiro atoms. The normalized spacial score (nSPS) is 12.5. The molecule has 4 rings (SSSR count). The zero-order valence-corrected chi connectivity index (χ0v) is 24.5. The fourth-order valence-corrected chi connectivity index (χ4v) is 10.3. The fraction of sp³-hybridized carbons (Fsp3) is 0.400. The second kappa shape index (κ2) is 9.34. The predicted octanol–water partition coefficient (Wildman–Crippen LogP) is 10.1. The van der Waals surface area contributed by atoms with Crippen molar-refractivity contribution in [1.29, 1.82) is 0 Å². The van der Waals surface area contributed by atoms with Crippen molar-refractivity contribution in [2.75, 3.05) is 0 Å². The van der Waals surface area contributed by atoms with Crippen LogP contribution in [-0.4, -0.2) is 10.3 Å². The minimum Gasteiger partial charge on any atom is -0.390 e. The van der Waals surface area contributed by atoms with Gasteiger partial charge < -0.3 is 12.9 Å². The average Bonchev–Trinajstić information content (AvgIpc) is 2.90. The molecule has 0 atom stereocenters. The Hall–Kier alpha value is -2.21. The summed E-state index contributed by atoms with van der Waals surface area (Å²) in [6, 6.07) is 16.8. The zero-order valence-electron chi connectivity index (χ0n) is 22.7. The lowest BCUT2D eigenvalue weighted by atomic mass is 9.97. The van der Waals surface area contributed by atoms with E-state index in [1.54, 1.807) is 0 Å². The summed E-state index contributed by atoms with van der Waals surface area (Å²) in [4.78, 5) is 0. The first-order valence-electron chi connectivity index (χ1n) is 12.2. The number of hydrogen-bond acceptors (Lipinski definition) is 3. The van der Waals surface area contributed by atoms with E-state index in [-0.39, 0.29) is 10.3 Å². The maximum absolute atomic E-state index is 6.63. The Morgan fingerprint density at radius 1 is 0.657 bits per heavy atom. The monoisotopic (exact) mass is 508 g/mol. The molecule has 1 aromatic heterocycles. The Morgan fingerprint density at radius 2 is 1.11 bits per heavy atom. The number of hydrogen-bond donors (Lipinski definition) is 0. The van der Waals surface area contributed by atoms with Crippen molar-refractivity contribution >= 4 is 43.4 Å². The van der Waals surface area contributed by atoms with E-state index in [0.717, 1.165) is 27.7 Å². The van der Waals surface area contributed by atoms with Gasteiger partial charge in [-0.3, -0.25) is 0 Å². The molecule has 0 saturated carbocycles. The smallest absolute Gasteiger partial charge is 0.390 e. The highest BCUT2D eigenvalue weighted by atomic mass is 31.1. The summed E-state index contributed by atoms with van der Waals surface area (Å²) in [7, 11) is -2.24. The highest BCUT2D eigenvalue weighted by molar-refractivity contribution is 7.68. The van der Waals surface area contributed by atoms with Gasteiger partial charge in [-0.25, -0.2) is 0 Å². The molecule has 0 bridgehead atoms. The van der Waals surface area contributed by atoms with Gasteiger partial charge in [-0.2, -0.15) is 0 Å². The van der Waals surface area contributed by atoms with Crippen molar-refractivity contribution in [3.05, 3.63) is 70.8 Å². The lowest BCUT2D eigenvalue weighted by Gasteiger charge is -2.42. The summed E-state index contributed by atoms with van der Waals surface area (Å²) >= 11 is 0. The fourth-order valence-electron chi connectivity index (χ4n) is 5.10. The van der Waals surface area contributed by atoms with Crippen LogP contribution < -0.4 is 9.83 Å². The lowest BCUT2D eigenvalue weighted by molar-refractivity contribution is 0.500. The molecule has 0 unspecified atom stereocenters. The van der Waals surface area contributed by atoms with E-state index in [2.05, 4.69) is 112 Å². The number of rotatable bonds is 3. The molecule has 5 heteroatoms. The van der Waals surface area contributed by atoms with Crippen LogP contribution in [0.5, 0.6) is 5.75 Å². The Bertz CT molecular complexity index is 1350. The molecule has 0 N–H and O–H groups in total. The lowest BCUT2D eigenvalue weighted by Crippen LogP contribution is -2.31. The molecule has 0 aliphatic rings. The van der Waals surface area contributed by atoms with Crippen molar-refractivity contribution in [1.82, 2.24) is 0 Å². The van der Waals surface area contributed by atoms with Crippen LogP contribution in [0.4, 0.5) is 0 Å². The molecule has 0 radical (unpaired) electrons. The van der Waals surface area contributed by atoms with Crippen LogP contribution in [0.15, 0.2) is 56.9 Å². The number of para-hydroxylation sites is 1. The van der Waals surface area contributed by atoms with Crippen LogP contribution in [0.2, 0.25) is 0 Å². The Balaban J connectivity index is 1.99.